The van der Waals surface area contributed by atoms with Crippen LogP contribution in [0.5, 0.6) is 34.5 Å². The van der Waals surface area contributed by atoms with E-state index in [1.807, 2.05) is 188 Å². The predicted molar refractivity (Wildman–Crippen MR) is 603 cm³/mol. The number of aromatic nitrogens is 3. The van der Waals surface area contributed by atoms with Crippen LogP contribution in [0.4, 0.5) is 13.2 Å². The van der Waals surface area contributed by atoms with Gasteiger partial charge in [0.2, 0.25) is 0 Å². The standard InChI is InChI=1S/C47H38NOS.C44H29F3NOS.C43H29BrNOS.3Au/c1-8-43-45(40-14-9-10-15-44(40)50-43)34-12-11-13-39(28-34)49-38-26-20-33(21-27-38)42-30-35(31-16-22-36(23-17-31)46(2,3)4)29-41(48-42)32-18-24-37(25-19-32)47(5,6)7;1-5-40-42(37-11-6-7-12-41(37)50-40)31-9-8-10-36(25-31)49-35-23-17-30(18-24-35)39-27-32(28-13-21-34(22-14-28)44(45,46)47)26-38(48-39)29-15-19-33(20-16-29)43(2,3)4;1-5-40-42(37-11-6-7-12-41(37)47-40)31-9-8-10-36(25-31)46-35-23-17-30(18-24-35)39-27-32(28-15-21-34(44)22-16-28)26-38(45-39)29-13-19-33(20-14-29)43(2,3)4;;;/h9-18,20,22-30H,2-7H3;6-15,17,19-27H,2-4H3;6-13,15-17,19-27H,2-4H3;;;/q3*-3;3*+3. The molecule has 0 N–H and O–H groups in total. The summed E-state index contributed by atoms with van der Waals surface area (Å²) in [5, 5.41) is 3.29. The molecule has 16 heteroatoms. The smallest absolute Gasteiger partial charge is 0.502 e. The van der Waals surface area contributed by atoms with Crippen molar-refractivity contribution in [1.82, 2.24) is 15.0 Å². The number of fused-ring (bicyclic) bond motifs is 3. The number of alkyl halides is 3. The molecule has 150 heavy (non-hydrogen) atoms. The minimum Gasteiger partial charge on any atom is -0.502 e. The molecule has 0 saturated heterocycles. The molecule has 6 heterocycles. The van der Waals surface area contributed by atoms with Crippen LogP contribution in [0.1, 0.15) is 126 Å². The first kappa shape index (κ1) is 109. The van der Waals surface area contributed by atoms with Crippen molar-refractivity contribution in [3.63, 3.8) is 0 Å². The molecule has 0 unspecified atom stereocenters. The summed E-state index contributed by atoms with van der Waals surface area (Å²) in [6, 6.07) is 139. The van der Waals surface area contributed by atoms with Gasteiger partial charge in [0, 0.05) is 35.8 Å². The fourth-order valence-electron chi connectivity index (χ4n) is 17.4. The van der Waals surface area contributed by atoms with Crippen LogP contribution >= 0.6 is 49.9 Å². The Morgan fingerprint density at radius 3 is 0.740 bits per heavy atom. The molecule has 6 nitrogen and oxygen atoms in total. The molecule has 6 aromatic heterocycles. The fraction of sp³-hybridized carbons (Fsp3) is 0.127. The van der Waals surface area contributed by atoms with Gasteiger partial charge in [-0.15, -0.1) is 196 Å². The number of ether oxygens (including phenoxy) is 3. The number of pyridine rings is 3. The zero-order valence-electron chi connectivity index (χ0n) is 83.8. The van der Waals surface area contributed by atoms with Gasteiger partial charge in [-0.1, -0.05) is 306 Å². The van der Waals surface area contributed by atoms with Crippen LogP contribution in [0.25, 0.3) is 165 Å². The topological polar surface area (TPSA) is 66.4 Å². The molecule has 0 atom stereocenters. The van der Waals surface area contributed by atoms with Crippen LogP contribution in [0, 0.1) is 73.4 Å². The van der Waals surface area contributed by atoms with Crippen LogP contribution in [-0.2, 0) is 95.0 Å². The summed E-state index contributed by atoms with van der Waals surface area (Å²) in [5.74, 6) is 11.8. The largest absolute Gasteiger partial charge is 3.00 e. The van der Waals surface area contributed by atoms with Gasteiger partial charge in [0.25, 0.3) is 0 Å². The average molecular weight is 2620 g/mol. The van der Waals surface area contributed by atoms with Gasteiger partial charge in [-0.3, -0.25) is 17.8 Å². The maximum Gasteiger partial charge on any atom is 3.00 e. The van der Waals surface area contributed by atoms with Gasteiger partial charge in [0.1, 0.15) is 17.2 Å². The van der Waals surface area contributed by atoms with E-state index in [9.17, 15) is 13.2 Å². The molecular weight excluding hydrogens is 2520 g/mol. The van der Waals surface area contributed by atoms with Crippen LogP contribution < -0.4 is 14.2 Å². The molecule has 21 aromatic rings. The van der Waals surface area contributed by atoms with E-state index in [-0.39, 0.29) is 88.8 Å². The molecule has 744 valence electrons. The van der Waals surface area contributed by atoms with E-state index >= 15 is 0 Å². The van der Waals surface area contributed by atoms with Crippen molar-refractivity contribution < 1.29 is 94.5 Å². The molecule has 0 aliphatic carbocycles. The Kier molecular flexibility index (Phi) is 33.7. The summed E-state index contributed by atoms with van der Waals surface area (Å²) in [7, 11) is 0. The van der Waals surface area contributed by atoms with Gasteiger partial charge < -0.3 is 48.4 Å². The van der Waals surface area contributed by atoms with E-state index < -0.39 is 11.7 Å². The van der Waals surface area contributed by atoms with Crippen molar-refractivity contribution in [2.24, 2.45) is 0 Å². The second-order valence-corrected chi connectivity index (χ2v) is 44.1. The number of benzene rings is 15. The SMILES string of the molecule is [Au+3].[Au+3].[Au+3].[C-]#Cc1sc2ccccc2c1-c1cccc(Oc2c[c-]c(-c3cc(-c4ccc(Br)cc4)cc(-c4[c-]cc(C(C)(C)C)cc4)n3)cc2)c1.[C-]#Cc1sc2ccccc2c1-c1cccc(Oc2c[c-]c(-c3cc(-c4ccc(C(C)(C)C)cc4)cc(-c4[c-]cc(C(C)(C)C)cc4)n3)cc2)c1.[C-]#Cc1sc2ccccc2c1-c1cccc(Oc2c[c-]c(-c3cc(-c4ccc(C(F)(F)F)cc4)cc(-c4[c-]cc(C(C)(C)C)cc4)n3)cc2)c1. The molecule has 0 aliphatic rings. The summed E-state index contributed by atoms with van der Waals surface area (Å²) < 4.78 is 63.2. The van der Waals surface area contributed by atoms with E-state index in [2.05, 4.69) is 299 Å². The minimum atomic E-state index is -4.42. The first-order valence-electron chi connectivity index (χ1n) is 48.1. The summed E-state index contributed by atoms with van der Waals surface area (Å²) >= 11 is 8.24. The Bertz CT molecular complexity index is 8080. The molecule has 21 rings (SSSR count). The zero-order valence-corrected chi connectivity index (χ0v) is 94.4. The summed E-state index contributed by atoms with van der Waals surface area (Å²) in [6.07, 6.45) is 19.2. The Balaban J connectivity index is 0.000000159. The molecule has 0 radical (unpaired) electrons. The number of hydrogen-bond acceptors (Lipinski definition) is 9. The third kappa shape index (κ3) is 25.2. The molecule has 0 aliphatic heterocycles. The third-order valence-corrected chi connectivity index (χ3v) is 29.3. The van der Waals surface area contributed by atoms with E-state index in [1.54, 1.807) is 28.7 Å². The van der Waals surface area contributed by atoms with Gasteiger partial charge in [0.05, 0.1) is 5.56 Å². The number of nitrogens with zero attached hydrogens (tertiary/aromatic N) is 3. The van der Waals surface area contributed by atoms with Crippen molar-refractivity contribution in [1.29, 1.82) is 0 Å². The molecule has 15 aromatic carbocycles. The van der Waals surface area contributed by atoms with Gasteiger partial charge in [0.15, 0.2) is 0 Å². The molecular formula is C134H96Au3BrF3N3O3S3. The second kappa shape index (κ2) is 46.4. The van der Waals surface area contributed by atoms with E-state index in [1.165, 1.54) is 40.2 Å². The summed E-state index contributed by atoms with van der Waals surface area (Å²) in [4.78, 5) is 17.5. The Labute approximate surface area is 944 Å². The van der Waals surface area contributed by atoms with Crippen LogP contribution in [0.3, 0.4) is 0 Å². The van der Waals surface area contributed by atoms with Crippen molar-refractivity contribution in [3.8, 4) is 187 Å². The number of hydrogen-bond donors (Lipinski definition) is 0. The Morgan fingerprint density at radius 2 is 0.500 bits per heavy atom. The molecule has 0 bridgehead atoms. The van der Waals surface area contributed by atoms with Crippen molar-refractivity contribution in [2.75, 3.05) is 0 Å². The summed E-state index contributed by atoms with van der Waals surface area (Å²) in [6.45, 7) is 26.4. The van der Waals surface area contributed by atoms with Gasteiger partial charge in [-0.25, -0.2) is 34.0 Å². The quantitative estimate of drug-likeness (QED) is 0.0484. The monoisotopic (exact) mass is 2620 g/mol. The molecule has 0 fully saturated rings. The fourth-order valence-corrected chi connectivity index (χ4v) is 20.8. The van der Waals surface area contributed by atoms with E-state index in [0.29, 0.717) is 57.0 Å². The van der Waals surface area contributed by atoms with E-state index in [0.717, 1.165) is 179 Å². The molecule has 0 saturated carbocycles. The van der Waals surface area contributed by atoms with Crippen LogP contribution in [0.2, 0.25) is 0 Å². The molecule has 0 amide bonds. The number of rotatable bonds is 18. The second-order valence-electron chi connectivity index (χ2n) is 40.0. The third-order valence-electron chi connectivity index (χ3n) is 25.5. The Hall–Kier alpha value is -13.8. The maximum atomic E-state index is 13.3. The molecule has 0 spiro atoms. The van der Waals surface area contributed by atoms with Gasteiger partial charge in [-0.2, -0.15) is 13.2 Å². The average Bonchev–Trinajstić information content (AvgIpc) is 1.61. The minimum absolute atomic E-state index is 0. The van der Waals surface area contributed by atoms with Crippen LogP contribution in [0.15, 0.2) is 368 Å². The maximum absolute atomic E-state index is 13.3. The summed E-state index contributed by atoms with van der Waals surface area (Å²) in [5.41, 5.74) is 25.7. The first-order chi connectivity index (χ1) is 70.7. The van der Waals surface area contributed by atoms with Crippen molar-refractivity contribution >= 4 is 80.2 Å². The zero-order chi connectivity index (χ0) is 103. The van der Waals surface area contributed by atoms with E-state index in [4.69, 9.17) is 48.4 Å². The van der Waals surface area contributed by atoms with Crippen LogP contribution in [-0.4, -0.2) is 15.0 Å². The Morgan fingerprint density at radius 1 is 0.253 bits per heavy atom. The van der Waals surface area contributed by atoms with Gasteiger partial charge in [-0.05, 0) is 206 Å². The van der Waals surface area contributed by atoms with Crippen molar-refractivity contribution in [2.45, 2.75) is 111 Å². The normalized spacial score (nSPS) is 11.4. The first-order valence-corrected chi connectivity index (χ1v) is 51.3. The predicted octanol–water partition coefficient (Wildman–Crippen LogP) is 37.8. The number of thiophene rings is 3. The number of halogens is 4. The van der Waals surface area contributed by atoms with Gasteiger partial charge >= 0.3 is 73.3 Å². The van der Waals surface area contributed by atoms with Crippen molar-refractivity contribution in [3.05, 3.63) is 467 Å².